The van der Waals surface area contributed by atoms with Gasteiger partial charge in [-0.25, -0.2) is 4.79 Å². The van der Waals surface area contributed by atoms with Gasteiger partial charge in [-0.15, -0.1) is 0 Å². The average Bonchev–Trinajstić information content (AvgIpc) is 2.16. The summed E-state index contributed by atoms with van der Waals surface area (Å²) >= 11 is 0. The van der Waals surface area contributed by atoms with Crippen LogP contribution >= 0.6 is 0 Å². The van der Waals surface area contributed by atoms with Crippen LogP contribution in [0.15, 0.2) is 0 Å². The molecule has 78 valence electrons. The zero-order valence-electron chi connectivity index (χ0n) is 8.45. The maximum absolute atomic E-state index is 11.2. The smallest absolute Gasteiger partial charge is 0.441 e. The fourth-order valence-electron chi connectivity index (χ4n) is 0.819. The van der Waals surface area contributed by atoms with Gasteiger partial charge in [0, 0.05) is 6.42 Å². The minimum Gasteiger partial charge on any atom is -0.457 e. The quantitative estimate of drug-likeness (QED) is 0.210. The summed E-state index contributed by atoms with van der Waals surface area (Å²) in [6.45, 7) is 3.85. The van der Waals surface area contributed by atoms with Gasteiger partial charge in [0.15, 0.2) is 0 Å². The molecule has 0 radical (unpaired) electrons. The number of esters is 1. The Balaban J connectivity index is 4.35. The minimum absolute atomic E-state index is 0.181. The summed E-state index contributed by atoms with van der Waals surface area (Å²) in [5.74, 6) is -1.34. The van der Waals surface area contributed by atoms with Crippen molar-refractivity contribution in [2.45, 2.75) is 33.1 Å². The van der Waals surface area contributed by atoms with Crippen LogP contribution in [-0.2, 0) is 14.3 Å². The monoisotopic (exact) mass is 198 g/mol. The van der Waals surface area contributed by atoms with Crippen LogP contribution in [-0.4, -0.2) is 28.9 Å². The van der Waals surface area contributed by atoms with Crippen molar-refractivity contribution in [2.24, 2.45) is 0 Å². The molecule has 0 heterocycles. The molecule has 0 spiro atoms. The predicted molar refractivity (Wildman–Crippen MR) is 49.8 cm³/mol. The molecule has 0 aliphatic carbocycles. The maximum atomic E-state index is 11.2. The molecular formula is C9H14N2O3. The summed E-state index contributed by atoms with van der Waals surface area (Å²) in [7, 11) is 0. The van der Waals surface area contributed by atoms with Gasteiger partial charge in [-0.3, -0.25) is 4.79 Å². The number of nitrogens with zero attached hydrogens (tertiary/aromatic N) is 2. The second-order valence-corrected chi connectivity index (χ2v) is 2.76. The molecule has 0 saturated carbocycles. The number of carbonyl (C=O) groups excluding carboxylic acids is 2. The van der Waals surface area contributed by atoms with Gasteiger partial charge < -0.3 is 10.3 Å². The maximum Gasteiger partial charge on any atom is 0.441 e. The number of ketones is 1. The first-order chi connectivity index (χ1) is 6.67. The highest BCUT2D eigenvalue weighted by Crippen LogP contribution is 1.93. The topological polar surface area (TPSA) is 79.8 Å². The van der Waals surface area contributed by atoms with E-state index in [1.165, 1.54) is 0 Å². The van der Waals surface area contributed by atoms with E-state index in [0.29, 0.717) is 12.8 Å². The number of rotatable bonds is 6. The summed E-state index contributed by atoms with van der Waals surface area (Å²) in [6.07, 6.45) is 1.44. The molecule has 0 bridgehead atoms. The van der Waals surface area contributed by atoms with Crippen molar-refractivity contribution in [1.29, 1.82) is 0 Å². The first-order valence-corrected chi connectivity index (χ1v) is 4.59. The SMILES string of the molecule is CCCOC(=O)C(=[N+]=[N-])C(=O)CCC. The lowest BCUT2D eigenvalue weighted by atomic mass is 10.1. The minimum atomic E-state index is -0.854. The highest BCUT2D eigenvalue weighted by atomic mass is 16.5. The highest BCUT2D eigenvalue weighted by Gasteiger charge is 2.29. The third kappa shape index (κ3) is 3.96. The van der Waals surface area contributed by atoms with Gasteiger partial charge in [0.25, 0.3) is 5.78 Å². The van der Waals surface area contributed by atoms with Gasteiger partial charge in [0.05, 0.1) is 6.61 Å². The molecule has 0 aliphatic heterocycles. The molecule has 0 aromatic rings. The largest absolute Gasteiger partial charge is 0.457 e. The Morgan fingerprint density at radius 2 is 1.93 bits per heavy atom. The fourth-order valence-corrected chi connectivity index (χ4v) is 0.819. The van der Waals surface area contributed by atoms with Crippen LogP contribution in [0.4, 0.5) is 0 Å². The summed E-state index contributed by atoms with van der Waals surface area (Å²) in [6, 6.07) is 0. The van der Waals surface area contributed by atoms with Gasteiger partial charge in [-0.2, -0.15) is 4.79 Å². The van der Waals surface area contributed by atoms with Crippen molar-refractivity contribution < 1.29 is 19.1 Å². The van der Waals surface area contributed by atoms with Gasteiger partial charge >= 0.3 is 11.7 Å². The van der Waals surface area contributed by atoms with Crippen LogP contribution in [0.5, 0.6) is 0 Å². The number of carbonyl (C=O) groups is 2. The van der Waals surface area contributed by atoms with Crippen LogP contribution < -0.4 is 0 Å². The number of hydrogen-bond donors (Lipinski definition) is 0. The third-order valence-electron chi connectivity index (χ3n) is 1.47. The van der Waals surface area contributed by atoms with E-state index in [2.05, 4.69) is 9.53 Å². The molecule has 14 heavy (non-hydrogen) atoms. The van der Waals surface area contributed by atoms with Crippen LogP contribution in [0.3, 0.4) is 0 Å². The first-order valence-electron chi connectivity index (χ1n) is 4.59. The van der Waals surface area contributed by atoms with E-state index in [0.717, 1.165) is 0 Å². The molecular weight excluding hydrogens is 184 g/mol. The van der Waals surface area contributed by atoms with E-state index in [4.69, 9.17) is 5.53 Å². The summed E-state index contributed by atoms with van der Waals surface area (Å²) in [4.78, 5) is 25.0. The second-order valence-electron chi connectivity index (χ2n) is 2.76. The molecule has 0 amide bonds. The van der Waals surface area contributed by atoms with Crippen molar-refractivity contribution in [2.75, 3.05) is 6.61 Å². The number of hydrogen-bond acceptors (Lipinski definition) is 3. The first kappa shape index (κ1) is 12.5. The van der Waals surface area contributed by atoms with E-state index in [1.807, 2.05) is 6.92 Å². The molecule has 5 nitrogen and oxygen atoms in total. The third-order valence-corrected chi connectivity index (χ3v) is 1.47. The zero-order valence-corrected chi connectivity index (χ0v) is 8.45. The molecule has 0 fully saturated rings. The van der Waals surface area contributed by atoms with E-state index in [1.54, 1.807) is 6.92 Å². The van der Waals surface area contributed by atoms with Gasteiger partial charge in [-0.05, 0) is 12.8 Å². The van der Waals surface area contributed by atoms with E-state index < -0.39 is 17.5 Å². The molecule has 0 atom stereocenters. The predicted octanol–water partition coefficient (Wildman–Crippen LogP) is 0.980. The molecule has 5 heteroatoms. The Kier molecular flexibility index (Phi) is 6.24. The Morgan fingerprint density at radius 3 is 2.36 bits per heavy atom. The average molecular weight is 198 g/mol. The zero-order chi connectivity index (χ0) is 11.0. The Morgan fingerprint density at radius 1 is 1.29 bits per heavy atom. The van der Waals surface area contributed by atoms with Crippen molar-refractivity contribution >= 4 is 17.5 Å². The van der Waals surface area contributed by atoms with Crippen molar-refractivity contribution in [1.82, 2.24) is 0 Å². The van der Waals surface area contributed by atoms with Crippen LogP contribution in [0.25, 0.3) is 5.53 Å². The summed E-state index contributed by atoms with van der Waals surface area (Å²) < 4.78 is 4.66. The lowest BCUT2D eigenvalue weighted by Gasteiger charge is -1.97. The molecule has 0 N–H and O–H groups in total. The molecule has 0 rings (SSSR count). The molecule has 0 aromatic heterocycles. The van der Waals surface area contributed by atoms with Gasteiger partial charge in [-0.1, -0.05) is 13.8 Å². The van der Waals surface area contributed by atoms with Crippen molar-refractivity contribution in [3.05, 3.63) is 5.53 Å². The normalized spacial score (nSPS) is 9.00. The number of Topliss-reactive ketones (excluding diaryl/α,β-unsaturated/α-hetero) is 1. The van der Waals surface area contributed by atoms with Crippen molar-refractivity contribution in [3.63, 3.8) is 0 Å². The van der Waals surface area contributed by atoms with Gasteiger partial charge in [0.1, 0.15) is 0 Å². The highest BCUT2D eigenvalue weighted by molar-refractivity contribution is 6.62. The van der Waals surface area contributed by atoms with Crippen LogP contribution in [0.2, 0.25) is 0 Å². The van der Waals surface area contributed by atoms with Crippen LogP contribution in [0.1, 0.15) is 33.1 Å². The second kappa shape index (κ2) is 6.97. The lowest BCUT2D eigenvalue weighted by molar-refractivity contribution is -0.142. The van der Waals surface area contributed by atoms with E-state index in [-0.39, 0.29) is 13.0 Å². The van der Waals surface area contributed by atoms with Crippen molar-refractivity contribution in [3.8, 4) is 0 Å². The molecule has 0 aromatic carbocycles. The number of ether oxygens (including phenoxy) is 1. The van der Waals surface area contributed by atoms with E-state index in [9.17, 15) is 9.59 Å². The fraction of sp³-hybridized carbons (Fsp3) is 0.667. The molecule has 0 saturated heterocycles. The summed E-state index contributed by atoms with van der Waals surface area (Å²) in [5.41, 5.74) is 7.95. The van der Waals surface area contributed by atoms with Crippen LogP contribution in [0, 0.1) is 0 Å². The molecule has 0 aliphatic rings. The summed E-state index contributed by atoms with van der Waals surface area (Å²) in [5, 5.41) is 0. The van der Waals surface area contributed by atoms with E-state index >= 15 is 0 Å². The lowest BCUT2D eigenvalue weighted by Crippen LogP contribution is -2.27. The van der Waals surface area contributed by atoms with Gasteiger partial charge in [0.2, 0.25) is 0 Å². The Labute approximate surface area is 82.7 Å². The molecule has 0 unspecified atom stereocenters. The Bertz CT molecular complexity index is 267. The standard InChI is InChI=1S/C9H14N2O3/c1-3-5-7(12)8(11-10)9(13)14-6-4-2/h3-6H2,1-2H3. The Hall–Kier alpha value is -1.48.